The first-order valence-electron chi connectivity index (χ1n) is 8.93. The second-order valence-electron chi connectivity index (χ2n) is 7.02. The van der Waals surface area contributed by atoms with Gasteiger partial charge in [0.2, 0.25) is 5.43 Å². The van der Waals surface area contributed by atoms with Gasteiger partial charge in [0.15, 0.2) is 0 Å². The molecule has 1 aliphatic carbocycles. The van der Waals surface area contributed by atoms with Crippen molar-refractivity contribution in [3.63, 3.8) is 0 Å². The summed E-state index contributed by atoms with van der Waals surface area (Å²) in [5.41, 5.74) is 1.73. The molecule has 0 atom stereocenters. The van der Waals surface area contributed by atoms with Gasteiger partial charge in [-0.25, -0.2) is 4.39 Å². The van der Waals surface area contributed by atoms with E-state index in [0.717, 1.165) is 29.9 Å². The van der Waals surface area contributed by atoms with Crippen LogP contribution in [0.5, 0.6) is 0 Å². The fraction of sp³-hybridized carbons (Fsp3) is 0.190. The molecule has 2 aromatic heterocycles. The Morgan fingerprint density at radius 3 is 2.64 bits per heavy atom. The van der Waals surface area contributed by atoms with E-state index < -0.39 is 16.8 Å². The minimum atomic E-state index is -0.508. The zero-order valence-electron chi connectivity index (χ0n) is 14.7. The van der Waals surface area contributed by atoms with Crippen LogP contribution in [0.25, 0.3) is 32.2 Å². The molecule has 4 aromatic rings. The van der Waals surface area contributed by atoms with Crippen LogP contribution in [0.1, 0.15) is 24.4 Å². The van der Waals surface area contributed by atoms with Crippen molar-refractivity contribution >= 4 is 32.7 Å². The minimum Gasteiger partial charge on any atom is -0.328 e. The predicted octanol–water partition coefficient (Wildman–Crippen LogP) is 4.11. The van der Waals surface area contributed by atoms with Crippen molar-refractivity contribution in [2.75, 3.05) is 0 Å². The molecule has 1 N–H and O–H groups in total. The number of nitrogens with one attached hydrogen (secondary N) is 1. The average Bonchev–Trinajstić information content (AvgIpc) is 3.45. The number of halogens is 1. The Bertz CT molecular complexity index is 1400. The van der Waals surface area contributed by atoms with E-state index >= 15 is 0 Å². The predicted molar refractivity (Wildman–Crippen MR) is 107 cm³/mol. The zero-order chi connectivity index (χ0) is 19.4. The van der Waals surface area contributed by atoms with E-state index in [-0.39, 0.29) is 16.8 Å². The van der Waals surface area contributed by atoms with Gasteiger partial charge in [0.1, 0.15) is 16.0 Å². The molecule has 0 radical (unpaired) electrons. The zero-order valence-corrected chi connectivity index (χ0v) is 15.5. The van der Waals surface area contributed by atoms with Gasteiger partial charge in [-0.05, 0) is 47.6 Å². The van der Waals surface area contributed by atoms with Crippen LogP contribution in [-0.2, 0) is 6.42 Å². The number of H-pyrrole nitrogens is 1. The number of pyridine rings is 1. The van der Waals surface area contributed by atoms with Gasteiger partial charge in [-0.15, -0.1) is 0 Å². The van der Waals surface area contributed by atoms with Crippen molar-refractivity contribution in [3.8, 4) is 17.2 Å². The number of aromatic amines is 1. The number of aromatic nitrogens is 2. The fourth-order valence-corrected chi connectivity index (χ4v) is 4.59. The van der Waals surface area contributed by atoms with E-state index in [1.807, 2.05) is 4.57 Å². The van der Waals surface area contributed by atoms with E-state index in [0.29, 0.717) is 27.9 Å². The number of rotatable bonds is 3. The highest BCUT2D eigenvalue weighted by molar-refractivity contribution is 7.12. The molecule has 0 unspecified atom stereocenters. The summed E-state index contributed by atoms with van der Waals surface area (Å²) in [6.07, 6.45) is 2.23. The molecule has 0 spiro atoms. The summed E-state index contributed by atoms with van der Waals surface area (Å²) in [5, 5.41) is 9.14. The van der Waals surface area contributed by atoms with Crippen molar-refractivity contribution < 1.29 is 4.39 Å². The van der Waals surface area contributed by atoms with E-state index in [1.54, 1.807) is 30.3 Å². The summed E-state index contributed by atoms with van der Waals surface area (Å²) in [4.78, 5) is 25.6. The third-order valence-corrected chi connectivity index (χ3v) is 6.06. The smallest absolute Gasteiger partial charge is 0.271 e. The van der Waals surface area contributed by atoms with Crippen molar-refractivity contribution in [2.45, 2.75) is 25.3 Å². The van der Waals surface area contributed by atoms with Crippen LogP contribution in [0, 0.1) is 17.1 Å². The average molecular weight is 391 g/mol. The summed E-state index contributed by atoms with van der Waals surface area (Å²) in [5.74, 6) is -0.508. The van der Waals surface area contributed by atoms with E-state index in [9.17, 15) is 14.0 Å². The molecule has 0 bridgehead atoms. The van der Waals surface area contributed by atoms with E-state index in [4.69, 9.17) is 5.26 Å². The van der Waals surface area contributed by atoms with Gasteiger partial charge < -0.3 is 4.57 Å². The maximum atomic E-state index is 14.9. The third-order valence-electron chi connectivity index (χ3n) is 5.18. The molecule has 1 saturated carbocycles. The van der Waals surface area contributed by atoms with Crippen LogP contribution < -0.4 is 11.0 Å². The third kappa shape index (κ3) is 2.49. The second-order valence-corrected chi connectivity index (χ2v) is 7.82. The first-order valence-corrected chi connectivity index (χ1v) is 9.75. The molecule has 7 heteroatoms. The molecule has 2 heterocycles. The lowest BCUT2D eigenvalue weighted by molar-refractivity contribution is 0.632. The van der Waals surface area contributed by atoms with Crippen molar-refractivity contribution in [1.29, 1.82) is 5.26 Å². The lowest BCUT2D eigenvalue weighted by Crippen LogP contribution is -2.15. The Hall–Kier alpha value is -3.24. The number of hydrogen-bond acceptors (Lipinski definition) is 4. The monoisotopic (exact) mass is 391 g/mol. The molecule has 28 heavy (non-hydrogen) atoms. The van der Waals surface area contributed by atoms with Crippen LogP contribution in [0.2, 0.25) is 0 Å². The highest BCUT2D eigenvalue weighted by atomic mass is 32.1. The van der Waals surface area contributed by atoms with Crippen LogP contribution >= 0.6 is 11.5 Å². The summed E-state index contributed by atoms with van der Waals surface area (Å²) in [6.45, 7) is 0. The second kappa shape index (κ2) is 6.14. The Morgan fingerprint density at radius 2 is 1.96 bits per heavy atom. The Balaban J connectivity index is 1.82. The van der Waals surface area contributed by atoms with Crippen LogP contribution in [0.4, 0.5) is 4.39 Å². The minimum absolute atomic E-state index is 0.109. The summed E-state index contributed by atoms with van der Waals surface area (Å²) >= 11 is 1.15. The molecule has 1 fully saturated rings. The van der Waals surface area contributed by atoms with Crippen LogP contribution in [-0.4, -0.2) is 8.94 Å². The van der Waals surface area contributed by atoms with Gasteiger partial charge >= 0.3 is 0 Å². The SMILES string of the molecule is N#CCc1ccc(-c2cc3c(cc2F)c(=O)c2c(=O)[nH]sc2n3C2CC2)cc1. The van der Waals surface area contributed by atoms with Gasteiger partial charge in [0, 0.05) is 17.0 Å². The van der Waals surface area contributed by atoms with Crippen LogP contribution in [0.15, 0.2) is 46.0 Å². The van der Waals surface area contributed by atoms with E-state index in [2.05, 4.69) is 10.4 Å². The Labute approximate surface area is 162 Å². The number of benzene rings is 2. The molecule has 0 saturated heterocycles. The molecule has 2 aromatic carbocycles. The highest BCUT2D eigenvalue weighted by Gasteiger charge is 2.29. The lowest BCUT2D eigenvalue weighted by Gasteiger charge is -2.13. The number of hydrogen-bond donors (Lipinski definition) is 1. The first-order chi connectivity index (χ1) is 13.6. The van der Waals surface area contributed by atoms with Crippen molar-refractivity contribution in [3.05, 3.63) is 68.4 Å². The molecular formula is C21H14FN3O2S. The highest BCUT2D eigenvalue weighted by Crippen LogP contribution is 2.40. The van der Waals surface area contributed by atoms with E-state index in [1.165, 1.54) is 6.07 Å². The number of nitriles is 1. The van der Waals surface area contributed by atoms with Gasteiger partial charge in [-0.2, -0.15) is 5.26 Å². The lowest BCUT2D eigenvalue weighted by atomic mass is 10.00. The van der Waals surface area contributed by atoms with Gasteiger partial charge in [-0.3, -0.25) is 14.0 Å². The van der Waals surface area contributed by atoms with Gasteiger partial charge in [-0.1, -0.05) is 24.3 Å². The molecule has 0 aliphatic heterocycles. The standard InChI is InChI=1S/C21H14FN3O2S/c22-16-9-15-17(10-14(16)12-3-1-11(2-4-12)7-8-23)25(13-5-6-13)21-18(19(15)26)20(27)24-28-21/h1-4,9-10,13H,5-7H2,(H,24,27). The van der Waals surface area contributed by atoms with Crippen molar-refractivity contribution in [2.24, 2.45) is 0 Å². The summed E-state index contributed by atoms with van der Waals surface area (Å²) in [6, 6.07) is 12.4. The molecule has 138 valence electrons. The largest absolute Gasteiger partial charge is 0.328 e. The maximum absolute atomic E-state index is 14.9. The quantitative estimate of drug-likeness (QED) is 0.571. The Kier molecular flexibility index (Phi) is 3.71. The topological polar surface area (TPSA) is 78.7 Å². The van der Waals surface area contributed by atoms with Gasteiger partial charge in [0.05, 0.1) is 18.0 Å². The maximum Gasteiger partial charge on any atom is 0.271 e. The molecule has 5 nitrogen and oxygen atoms in total. The van der Waals surface area contributed by atoms with Crippen molar-refractivity contribution in [1.82, 2.24) is 8.94 Å². The number of fused-ring (bicyclic) bond motifs is 2. The summed E-state index contributed by atoms with van der Waals surface area (Å²) in [7, 11) is 0. The van der Waals surface area contributed by atoms with Crippen LogP contribution in [0.3, 0.4) is 0 Å². The first kappa shape index (κ1) is 16.9. The fourth-order valence-electron chi connectivity index (χ4n) is 3.66. The summed E-state index contributed by atoms with van der Waals surface area (Å²) < 4.78 is 19.6. The molecule has 1 aliphatic rings. The molecular weight excluding hydrogens is 377 g/mol. The van der Waals surface area contributed by atoms with Gasteiger partial charge in [0.25, 0.3) is 5.56 Å². The molecule has 5 rings (SSSR count). The normalized spacial score (nSPS) is 13.9. The number of nitrogens with zero attached hydrogens (tertiary/aromatic N) is 2. The Morgan fingerprint density at radius 1 is 1.21 bits per heavy atom. The molecule has 0 amide bonds.